The van der Waals surface area contributed by atoms with Gasteiger partial charge in [-0.3, -0.25) is 9.59 Å². The predicted molar refractivity (Wildman–Crippen MR) is 127 cm³/mol. The molecule has 0 bridgehead atoms. The van der Waals surface area contributed by atoms with Crippen LogP contribution in [0.1, 0.15) is 51.2 Å². The molecule has 2 amide bonds. The zero-order valence-electron chi connectivity index (χ0n) is 20.0. The number of ether oxygens (including phenoxy) is 2. The Kier molecular flexibility index (Phi) is 6.29. The Morgan fingerprint density at radius 3 is 2.54 bits per heavy atom. The molecule has 0 spiro atoms. The topological polar surface area (TPSA) is 67.9 Å². The van der Waals surface area contributed by atoms with Gasteiger partial charge >= 0.3 is 6.18 Å². The lowest BCUT2D eigenvalue weighted by Crippen LogP contribution is -2.41. The molecule has 0 fully saturated rings. The quantitative estimate of drug-likeness (QED) is 0.552. The SMILES string of the molecule is CCC1(CC)CC(=CC(=O)Nc2ccc3c(c2)N(C)C(=O)C(C)O3)c2ccc(C(F)(F)F)cc2O1. The number of carbonyl (C=O) groups excluding carboxylic acids is 2. The van der Waals surface area contributed by atoms with E-state index in [4.69, 9.17) is 9.47 Å². The van der Waals surface area contributed by atoms with Crippen LogP contribution >= 0.6 is 0 Å². The van der Waals surface area contributed by atoms with Crippen LogP contribution < -0.4 is 19.7 Å². The van der Waals surface area contributed by atoms with Gasteiger partial charge in [-0.05, 0) is 55.7 Å². The van der Waals surface area contributed by atoms with E-state index in [0.717, 1.165) is 12.1 Å². The summed E-state index contributed by atoms with van der Waals surface area (Å²) in [4.78, 5) is 26.7. The van der Waals surface area contributed by atoms with Gasteiger partial charge in [0.05, 0.1) is 11.3 Å². The Hall–Kier alpha value is -3.49. The number of hydrogen-bond donors (Lipinski definition) is 1. The first-order valence-corrected chi connectivity index (χ1v) is 11.5. The Bertz CT molecular complexity index is 1200. The molecule has 9 heteroatoms. The third-order valence-electron chi connectivity index (χ3n) is 6.66. The number of nitrogens with one attached hydrogen (secondary N) is 1. The number of amides is 2. The molecule has 2 aromatic carbocycles. The molecule has 0 aromatic heterocycles. The van der Waals surface area contributed by atoms with Crippen LogP contribution in [0.5, 0.6) is 11.5 Å². The lowest BCUT2D eigenvalue weighted by atomic mass is 9.83. The summed E-state index contributed by atoms with van der Waals surface area (Å²) in [5.41, 5.74) is 0.553. The Balaban J connectivity index is 1.65. The molecule has 2 aromatic rings. The van der Waals surface area contributed by atoms with E-state index < -0.39 is 29.4 Å². The van der Waals surface area contributed by atoms with Gasteiger partial charge in [-0.25, -0.2) is 0 Å². The minimum absolute atomic E-state index is 0.119. The number of carbonyl (C=O) groups is 2. The first kappa shape index (κ1) is 24.6. The maximum Gasteiger partial charge on any atom is 0.416 e. The van der Waals surface area contributed by atoms with Crippen LogP contribution in [0.25, 0.3) is 5.57 Å². The second kappa shape index (κ2) is 8.94. The van der Waals surface area contributed by atoms with Crippen molar-refractivity contribution in [1.29, 1.82) is 0 Å². The fourth-order valence-electron chi connectivity index (χ4n) is 4.46. The molecule has 2 heterocycles. The summed E-state index contributed by atoms with van der Waals surface area (Å²) in [6.45, 7) is 5.49. The van der Waals surface area contributed by atoms with Gasteiger partial charge in [0.15, 0.2) is 6.10 Å². The maximum absolute atomic E-state index is 13.3. The van der Waals surface area contributed by atoms with Crippen LogP contribution in [0.15, 0.2) is 42.5 Å². The summed E-state index contributed by atoms with van der Waals surface area (Å²) in [7, 11) is 1.64. The van der Waals surface area contributed by atoms with Gasteiger partial charge in [-0.1, -0.05) is 19.9 Å². The van der Waals surface area contributed by atoms with Crippen molar-refractivity contribution >= 4 is 28.8 Å². The van der Waals surface area contributed by atoms with E-state index in [1.807, 2.05) is 13.8 Å². The zero-order valence-corrected chi connectivity index (χ0v) is 20.0. The summed E-state index contributed by atoms with van der Waals surface area (Å²) in [6.07, 6.45) is -2.16. The number of halogens is 3. The van der Waals surface area contributed by atoms with Crippen molar-refractivity contribution in [3.63, 3.8) is 0 Å². The Morgan fingerprint density at radius 2 is 1.89 bits per heavy atom. The summed E-state index contributed by atoms with van der Waals surface area (Å²) in [5, 5.41) is 2.79. The molecule has 0 saturated heterocycles. The van der Waals surface area contributed by atoms with Crippen molar-refractivity contribution in [3.05, 3.63) is 53.6 Å². The molecule has 186 valence electrons. The summed E-state index contributed by atoms with van der Waals surface area (Å²) in [6, 6.07) is 8.34. The molecule has 2 aliphatic heterocycles. The van der Waals surface area contributed by atoms with Crippen molar-refractivity contribution in [2.24, 2.45) is 0 Å². The lowest BCUT2D eigenvalue weighted by molar-refractivity contribution is -0.137. The number of alkyl halides is 3. The number of benzene rings is 2. The van der Waals surface area contributed by atoms with E-state index in [1.165, 1.54) is 17.0 Å². The average molecular weight is 489 g/mol. The van der Waals surface area contributed by atoms with Crippen molar-refractivity contribution in [1.82, 2.24) is 0 Å². The van der Waals surface area contributed by atoms with E-state index in [9.17, 15) is 22.8 Å². The van der Waals surface area contributed by atoms with Gasteiger partial charge in [0, 0.05) is 30.8 Å². The molecule has 0 saturated carbocycles. The molecular weight excluding hydrogens is 461 g/mol. The molecule has 1 N–H and O–H groups in total. The summed E-state index contributed by atoms with van der Waals surface area (Å²) >= 11 is 0. The van der Waals surface area contributed by atoms with Crippen LogP contribution in [-0.4, -0.2) is 30.6 Å². The average Bonchev–Trinajstić information content (AvgIpc) is 2.82. The third-order valence-corrected chi connectivity index (χ3v) is 6.66. The van der Waals surface area contributed by atoms with Crippen molar-refractivity contribution in [3.8, 4) is 11.5 Å². The molecule has 1 atom stereocenters. The number of rotatable bonds is 4. The van der Waals surface area contributed by atoms with E-state index in [2.05, 4.69) is 5.32 Å². The fraction of sp³-hybridized carbons (Fsp3) is 0.385. The lowest BCUT2D eigenvalue weighted by Gasteiger charge is -2.39. The normalized spacial score (nSPS) is 20.0. The number of likely N-dealkylation sites (N-methyl/N-ethyl adjacent to an activating group) is 1. The molecule has 0 radical (unpaired) electrons. The monoisotopic (exact) mass is 488 g/mol. The number of hydrogen-bond acceptors (Lipinski definition) is 4. The van der Waals surface area contributed by atoms with E-state index >= 15 is 0 Å². The Labute approximate surface area is 201 Å². The van der Waals surface area contributed by atoms with Gasteiger partial charge in [0.25, 0.3) is 5.91 Å². The van der Waals surface area contributed by atoms with Crippen molar-refractivity contribution < 1.29 is 32.2 Å². The highest BCUT2D eigenvalue weighted by Gasteiger charge is 2.38. The standard InChI is InChI=1S/C26H27F3N2O4/c1-5-25(6-2)14-16(19-9-7-17(26(27,28)29)12-22(19)35-25)11-23(32)30-18-8-10-21-20(13-18)31(4)24(33)15(3)34-21/h7-13,15H,5-6,14H2,1-4H3,(H,30,32). The molecule has 6 nitrogen and oxygen atoms in total. The first-order chi connectivity index (χ1) is 16.5. The van der Waals surface area contributed by atoms with Crippen molar-refractivity contribution in [2.45, 2.75) is 57.9 Å². The molecule has 35 heavy (non-hydrogen) atoms. The highest BCUT2D eigenvalue weighted by Crippen LogP contribution is 2.45. The first-order valence-electron chi connectivity index (χ1n) is 11.5. The maximum atomic E-state index is 13.3. The molecule has 4 rings (SSSR count). The van der Waals surface area contributed by atoms with E-state index in [-0.39, 0.29) is 11.7 Å². The Morgan fingerprint density at radius 1 is 1.17 bits per heavy atom. The smallest absolute Gasteiger partial charge is 0.416 e. The van der Waals surface area contributed by atoms with Crippen LogP contribution in [0.4, 0.5) is 24.5 Å². The summed E-state index contributed by atoms with van der Waals surface area (Å²) < 4.78 is 51.5. The van der Waals surface area contributed by atoms with Gasteiger partial charge < -0.3 is 19.7 Å². The van der Waals surface area contributed by atoms with Crippen LogP contribution in [-0.2, 0) is 15.8 Å². The van der Waals surface area contributed by atoms with Crippen LogP contribution in [0, 0.1) is 0 Å². The highest BCUT2D eigenvalue weighted by molar-refractivity contribution is 6.06. The van der Waals surface area contributed by atoms with Crippen LogP contribution in [0.2, 0.25) is 0 Å². The second-order valence-corrected chi connectivity index (χ2v) is 8.88. The highest BCUT2D eigenvalue weighted by atomic mass is 19.4. The third kappa shape index (κ3) is 4.72. The number of fused-ring (bicyclic) bond motifs is 2. The fourth-order valence-corrected chi connectivity index (χ4v) is 4.46. The second-order valence-electron chi connectivity index (χ2n) is 8.88. The van der Waals surface area contributed by atoms with Crippen LogP contribution in [0.3, 0.4) is 0 Å². The van der Waals surface area contributed by atoms with Gasteiger partial charge in [-0.15, -0.1) is 0 Å². The molecular formula is C26H27F3N2O4. The van der Waals surface area contributed by atoms with Gasteiger partial charge in [0.2, 0.25) is 5.91 Å². The van der Waals surface area contributed by atoms with Gasteiger partial charge in [0.1, 0.15) is 17.1 Å². The molecule has 1 unspecified atom stereocenters. The predicted octanol–water partition coefficient (Wildman–Crippen LogP) is 5.81. The van der Waals surface area contributed by atoms with Crippen molar-refractivity contribution in [2.75, 3.05) is 17.3 Å². The molecule has 2 aliphatic rings. The molecule has 0 aliphatic carbocycles. The number of anilines is 2. The number of nitrogens with zero attached hydrogens (tertiary/aromatic N) is 1. The van der Waals surface area contributed by atoms with Gasteiger partial charge in [-0.2, -0.15) is 13.2 Å². The van der Waals surface area contributed by atoms with E-state index in [0.29, 0.717) is 47.5 Å². The summed E-state index contributed by atoms with van der Waals surface area (Å²) in [5.74, 6) is 0.0166. The zero-order chi connectivity index (χ0) is 25.5. The van der Waals surface area contributed by atoms with E-state index in [1.54, 1.807) is 32.2 Å². The minimum atomic E-state index is -4.50. The largest absolute Gasteiger partial charge is 0.486 e. The minimum Gasteiger partial charge on any atom is -0.486 e.